The molecule has 15 heavy (non-hydrogen) atoms. The van der Waals surface area contributed by atoms with Crippen LogP contribution in [0, 0.1) is 5.92 Å². The molecule has 0 saturated carbocycles. The minimum Gasteiger partial charge on any atom is -0.475 e. The van der Waals surface area contributed by atoms with Gasteiger partial charge in [-0.1, -0.05) is 13.8 Å². The Balaban J connectivity index is 2.35. The van der Waals surface area contributed by atoms with E-state index in [1.165, 1.54) is 0 Å². The third-order valence-corrected chi connectivity index (χ3v) is 2.25. The van der Waals surface area contributed by atoms with Crippen molar-refractivity contribution in [3.8, 4) is 5.88 Å². The molecule has 2 aromatic rings. The molecule has 5 heteroatoms. The van der Waals surface area contributed by atoms with Gasteiger partial charge in [-0.15, -0.1) is 0 Å². The van der Waals surface area contributed by atoms with Crippen LogP contribution in [-0.4, -0.2) is 21.0 Å². The number of rotatable bonds is 3. The fraction of sp³-hybridized carbons (Fsp3) is 0.400. The van der Waals surface area contributed by atoms with Crippen LogP contribution in [0.3, 0.4) is 0 Å². The monoisotopic (exact) mass is 269 g/mol. The molecule has 0 spiro atoms. The summed E-state index contributed by atoms with van der Waals surface area (Å²) in [5, 5.41) is 0. The van der Waals surface area contributed by atoms with Crippen molar-refractivity contribution in [2.45, 2.75) is 13.8 Å². The molecule has 0 fully saturated rings. The number of fused-ring (bicyclic) bond motifs is 1. The fourth-order valence-electron chi connectivity index (χ4n) is 1.22. The van der Waals surface area contributed by atoms with Crippen LogP contribution in [0.25, 0.3) is 5.65 Å². The van der Waals surface area contributed by atoms with Gasteiger partial charge in [0.25, 0.3) is 5.88 Å². The maximum atomic E-state index is 5.60. The highest BCUT2D eigenvalue weighted by molar-refractivity contribution is 9.10. The Bertz CT molecular complexity index is 467. The van der Waals surface area contributed by atoms with Gasteiger partial charge in [0, 0.05) is 18.6 Å². The number of ether oxygens (including phenoxy) is 1. The van der Waals surface area contributed by atoms with E-state index in [1.807, 2.05) is 16.8 Å². The van der Waals surface area contributed by atoms with Gasteiger partial charge in [0.2, 0.25) is 5.65 Å². The zero-order valence-corrected chi connectivity index (χ0v) is 10.2. The van der Waals surface area contributed by atoms with E-state index >= 15 is 0 Å². The van der Waals surface area contributed by atoms with Crippen molar-refractivity contribution >= 4 is 21.6 Å². The number of hydrogen-bond donors (Lipinski definition) is 0. The van der Waals surface area contributed by atoms with Gasteiger partial charge in [-0.05, 0) is 21.8 Å². The van der Waals surface area contributed by atoms with Gasteiger partial charge in [-0.25, -0.2) is 9.97 Å². The smallest absolute Gasteiger partial charge is 0.259 e. The second-order valence-corrected chi connectivity index (χ2v) is 4.54. The lowest BCUT2D eigenvalue weighted by molar-refractivity contribution is 0.262. The zero-order chi connectivity index (χ0) is 10.8. The standard InChI is InChI=1S/C10H12BrN3O/c1-7(2)6-15-10-9-12-3-4-14(9)5-8(11)13-10/h3-5,7H,6H2,1-2H3. The van der Waals surface area contributed by atoms with Gasteiger partial charge < -0.3 is 4.74 Å². The van der Waals surface area contributed by atoms with Crippen LogP contribution < -0.4 is 4.74 Å². The number of hydrogen-bond acceptors (Lipinski definition) is 3. The molecule has 2 heterocycles. The van der Waals surface area contributed by atoms with Crippen molar-refractivity contribution in [2.24, 2.45) is 5.92 Å². The zero-order valence-electron chi connectivity index (χ0n) is 8.64. The van der Waals surface area contributed by atoms with Gasteiger partial charge in [0.05, 0.1) is 6.61 Å². The minimum atomic E-state index is 0.473. The first-order chi connectivity index (χ1) is 7.16. The average molecular weight is 270 g/mol. The quantitative estimate of drug-likeness (QED) is 0.860. The molecule has 0 radical (unpaired) electrons. The Morgan fingerprint density at radius 2 is 2.33 bits per heavy atom. The summed E-state index contributed by atoms with van der Waals surface area (Å²) in [5.41, 5.74) is 0.749. The summed E-state index contributed by atoms with van der Waals surface area (Å²) in [5.74, 6) is 1.05. The first kappa shape index (κ1) is 10.4. The topological polar surface area (TPSA) is 39.4 Å². The molecule has 2 aromatic heterocycles. The third kappa shape index (κ3) is 2.28. The molecule has 0 saturated heterocycles. The van der Waals surface area contributed by atoms with Crippen molar-refractivity contribution in [2.75, 3.05) is 6.61 Å². The van der Waals surface area contributed by atoms with Gasteiger partial charge in [0.1, 0.15) is 4.60 Å². The SMILES string of the molecule is CC(C)COc1nc(Br)cn2ccnc12. The highest BCUT2D eigenvalue weighted by Gasteiger charge is 2.08. The molecular formula is C10H12BrN3O. The first-order valence-electron chi connectivity index (χ1n) is 4.79. The number of halogens is 1. The van der Waals surface area contributed by atoms with E-state index in [9.17, 15) is 0 Å². The van der Waals surface area contributed by atoms with Crippen LogP contribution in [0.1, 0.15) is 13.8 Å². The minimum absolute atomic E-state index is 0.473. The second-order valence-electron chi connectivity index (χ2n) is 3.73. The predicted octanol–water partition coefficient (Wildman–Crippen LogP) is 2.53. The molecule has 80 valence electrons. The number of nitrogens with zero attached hydrogens (tertiary/aromatic N) is 3. The van der Waals surface area contributed by atoms with Gasteiger partial charge in [-0.2, -0.15) is 0 Å². The maximum Gasteiger partial charge on any atom is 0.259 e. The molecule has 2 rings (SSSR count). The van der Waals surface area contributed by atoms with E-state index in [0.29, 0.717) is 18.4 Å². The Hall–Kier alpha value is -1.10. The molecule has 0 aliphatic rings. The van der Waals surface area contributed by atoms with Crippen molar-refractivity contribution < 1.29 is 4.74 Å². The van der Waals surface area contributed by atoms with Crippen molar-refractivity contribution in [1.29, 1.82) is 0 Å². The van der Waals surface area contributed by atoms with E-state index in [0.717, 1.165) is 10.3 Å². The summed E-state index contributed by atoms with van der Waals surface area (Å²) < 4.78 is 8.22. The fourth-order valence-corrected chi connectivity index (χ4v) is 1.60. The van der Waals surface area contributed by atoms with Crippen LogP contribution in [0.2, 0.25) is 0 Å². The lowest BCUT2D eigenvalue weighted by atomic mass is 10.2. The highest BCUT2D eigenvalue weighted by atomic mass is 79.9. The Labute approximate surface area is 96.4 Å². The summed E-state index contributed by atoms with van der Waals surface area (Å²) in [7, 11) is 0. The molecule has 0 aliphatic heterocycles. The van der Waals surface area contributed by atoms with Crippen LogP contribution in [0.15, 0.2) is 23.2 Å². The molecule has 0 amide bonds. The number of imidazole rings is 1. The lowest BCUT2D eigenvalue weighted by Gasteiger charge is -2.08. The van der Waals surface area contributed by atoms with Gasteiger partial charge in [0.15, 0.2) is 0 Å². The van der Waals surface area contributed by atoms with Crippen LogP contribution in [-0.2, 0) is 0 Å². The molecular weight excluding hydrogens is 258 g/mol. The largest absolute Gasteiger partial charge is 0.475 e. The third-order valence-electron chi connectivity index (χ3n) is 1.87. The predicted molar refractivity (Wildman–Crippen MR) is 61.0 cm³/mol. The average Bonchev–Trinajstić information content (AvgIpc) is 2.61. The van der Waals surface area contributed by atoms with E-state index in [2.05, 4.69) is 39.7 Å². The molecule has 0 atom stereocenters. The van der Waals surface area contributed by atoms with Crippen LogP contribution in [0.5, 0.6) is 5.88 Å². The van der Waals surface area contributed by atoms with E-state index in [1.54, 1.807) is 6.20 Å². The molecule has 0 aromatic carbocycles. The first-order valence-corrected chi connectivity index (χ1v) is 5.58. The van der Waals surface area contributed by atoms with Crippen molar-refractivity contribution in [3.63, 3.8) is 0 Å². The summed E-state index contributed by atoms with van der Waals surface area (Å²) in [4.78, 5) is 8.45. The molecule has 0 N–H and O–H groups in total. The molecule has 4 nitrogen and oxygen atoms in total. The maximum absolute atomic E-state index is 5.60. The highest BCUT2D eigenvalue weighted by Crippen LogP contribution is 2.19. The lowest BCUT2D eigenvalue weighted by Crippen LogP contribution is -2.07. The van der Waals surface area contributed by atoms with E-state index < -0.39 is 0 Å². The Morgan fingerprint density at radius 1 is 1.53 bits per heavy atom. The van der Waals surface area contributed by atoms with Crippen molar-refractivity contribution in [3.05, 3.63) is 23.2 Å². The van der Waals surface area contributed by atoms with Crippen LogP contribution in [0.4, 0.5) is 0 Å². The van der Waals surface area contributed by atoms with E-state index in [4.69, 9.17) is 4.74 Å². The van der Waals surface area contributed by atoms with E-state index in [-0.39, 0.29) is 0 Å². The second kappa shape index (κ2) is 4.18. The Morgan fingerprint density at radius 3 is 3.07 bits per heavy atom. The molecule has 0 unspecified atom stereocenters. The summed E-state index contributed by atoms with van der Waals surface area (Å²) in [6.45, 7) is 4.84. The Kier molecular flexibility index (Phi) is 2.90. The number of aromatic nitrogens is 3. The van der Waals surface area contributed by atoms with Gasteiger partial charge >= 0.3 is 0 Å². The summed E-state index contributed by atoms with van der Waals surface area (Å²) >= 11 is 3.34. The van der Waals surface area contributed by atoms with Crippen molar-refractivity contribution in [1.82, 2.24) is 14.4 Å². The normalized spacial score (nSPS) is 11.2. The molecule has 0 aliphatic carbocycles. The summed E-state index contributed by atoms with van der Waals surface area (Å²) in [6.07, 6.45) is 5.44. The van der Waals surface area contributed by atoms with Gasteiger partial charge in [-0.3, -0.25) is 4.40 Å². The summed E-state index contributed by atoms with van der Waals surface area (Å²) in [6, 6.07) is 0. The van der Waals surface area contributed by atoms with Crippen LogP contribution >= 0.6 is 15.9 Å². The molecule has 0 bridgehead atoms.